The molecule has 0 spiro atoms. The van der Waals surface area contributed by atoms with Crippen LogP contribution in [0.5, 0.6) is 0 Å². The first-order valence-corrected chi connectivity index (χ1v) is 11.0. The summed E-state index contributed by atoms with van der Waals surface area (Å²) in [4.78, 5) is 29.5. The van der Waals surface area contributed by atoms with E-state index < -0.39 is 11.7 Å². The average Bonchev–Trinajstić information content (AvgIpc) is 3.25. The number of carbonyl (C=O) groups is 2. The number of likely N-dealkylation sites (tertiary alicyclic amines) is 1. The van der Waals surface area contributed by atoms with Crippen molar-refractivity contribution in [1.82, 2.24) is 15.2 Å². The van der Waals surface area contributed by atoms with Gasteiger partial charge in [0.1, 0.15) is 5.82 Å². The third kappa shape index (κ3) is 4.28. The van der Waals surface area contributed by atoms with Crippen molar-refractivity contribution in [3.05, 3.63) is 76.7 Å². The first-order chi connectivity index (χ1) is 15.4. The van der Waals surface area contributed by atoms with Crippen LogP contribution in [0, 0.1) is 11.7 Å². The van der Waals surface area contributed by atoms with E-state index >= 15 is 0 Å². The minimum atomic E-state index is -0.686. The summed E-state index contributed by atoms with van der Waals surface area (Å²) in [7, 11) is 1.42. The Bertz CT molecular complexity index is 1180. The summed E-state index contributed by atoms with van der Waals surface area (Å²) < 4.78 is 13.1. The topological polar surface area (TPSA) is 65.2 Å². The van der Waals surface area contributed by atoms with Gasteiger partial charge in [0.25, 0.3) is 11.7 Å². The average molecular weight is 454 g/mol. The van der Waals surface area contributed by atoms with Crippen LogP contribution in [-0.2, 0) is 11.2 Å². The summed E-state index contributed by atoms with van der Waals surface area (Å²) in [6.07, 6.45) is 4.45. The fourth-order valence-electron chi connectivity index (χ4n) is 4.35. The second kappa shape index (κ2) is 9.17. The zero-order valence-electron chi connectivity index (χ0n) is 17.9. The van der Waals surface area contributed by atoms with Crippen LogP contribution < -0.4 is 5.32 Å². The zero-order chi connectivity index (χ0) is 22.8. The highest BCUT2D eigenvalue weighted by atomic mass is 35.5. The van der Waals surface area contributed by atoms with E-state index in [0.717, 1.165) is 49.2 Å². The predicted molar refractivity (Wildman–Crippen MR) is 125 cm³/mol. The Hall–Kier alpha value is -3.12. The number of benzene rings is 2. The van der Waals surface area contributed by atoms with Gasteiger partial charge < -0.3 is 15.2 Å². The van der Waals surface area contributed by atoms with Gasteiger partial charge in [-0.2, -0.15) is 0 Å². The number of likely N-dealkylation sites (N-methyl/N-ethyl adjacent to an activating group) is 1. The van der Waals surface area contributed by atoms with Gasteiger partial charge in [0, 0.05) is 48.5 Å². The summed E-state index contributed by atoms with van der Waals surface area (Å²) in [5, 5.41) is 3.30. The van der Waals surface area contributed by atoms with Crippen LogP contribution in [0.15, 0.2) is 49.2 Å². The van der Waals surface area contributed by atoms with Gasteiger partial charge in [0.2, 0.25) is 0 Å². The fraction of sp³-hybridized carbons (Fsp3) is 0.280. The SMILES string of the molecule is C=C(c1ccc2[nH]cc(C(=O)C(=O)NC)c2c1Cl)N1CCC(Cc2ccc(F)cc2)CC1. The Labute approximate surface area is 191 Å². The lowest BCUT2D eigenvalue weighted by Crippen LogP contribution is -2.33. The number of nitrogens with zero attached hydrogens (tertiary/aromatic N) is 1. The van der Waals surface area contributed by atoms with Crippen LogP contribution >= 0.6 is 11.6 Å². The molecule has 2 heterocycles. The summed E-state index contributed by atoms with van der Waals surface area (Å²) in [6.45, 7) is 5.96. The number of fused-ring (bicyclic) bond motifs is 1. The van der Waals surface area contributed by atoms with E-state index in [9.17, 15) is 14.0 Å². The molecule has 1 aliphatic rings. The number of ketones is 1. The van der Waals surface area contributed by atoms with E-state index in [1.165, 1.54) is 25.4 Å². The molecule has 0 saturated carbocycles. The molecule has 0 atom stereocenters. The first kappa shape index (κ1) is 22.1. The maximum Gasteiger partial charge on any atom is 0.292 e. The van der Waals surface area contributed by atoms with Crippen molar-refractivity contribution < 1.29 is 14.0 Å². The lowest BCUT2D eigenvalue weighted by molar-refractivity contribution is -0.116. The molecule has 166 valence electrons. The molecular weight excluding hydrogens is 429 g/mol. The molecule has 0 unspecified atom stereocenters. The van der Waals surface area contributed by atoms with Crippen LogP contribution in [0.1, 0.15) is 34.3 Å². The van der Waals surface area contributed by atoms with Crippen molar-refractivity contribution >= 4 is 39.9 Å². The molecule has 4 rings (SSSR count). The second-order valence-electron chi connectivity index (χ2n) is 8.17. The number of hydrogen-bond donors (Lipinski definition) is 2. The molecule has 0 radical (unpaired) electrons. The molecule has 1 amide bonds. The van der Waals surface area contributed by atoms with Gasteiger partial charge in [-0.1, -0.05) is 30.3 Å². The van der Waals surface area contributed by atoms with Gasteiger partial charge in [0.05, 0.1) is 10.6 Å². The molecule has 1 fully saturated rings. The van der Waals surface area contributed by atoms with E-state index in [-0.39, 0.29) is 11.4 Å². The standard InChI is InChI=1S/C25H25ClFN3O2/c1-15(30-11-9-17(10-12-30)13-16-3-5-18(27)6-4-16)19-7-8-21-22(23(19)26)20(14-29-21)24(31)25(32)28-2/h3-8,14,17,29H,1,9-13H2,2H3,(H,28,32). The number of piperidine rings is 1. The van der Waals surface area contributed by atoms with Gasteiger partial charge in [-0.25, -0.2) is 4.39 Å². The van der Waals surface area contributed by atoms with Crippen LogP contribution in [0.25, 0.3) is 16.6 Å². The van der Waals surface area contributed by atoms with Crippen molar-refractivity contribution in [2.75, 3.05) is 20.1 Å². The molecule has 2 aromatic carbocycles. The smallest absolute Gasteiger partial charge is 0.292 e. The van der Waals surface area contributed by atoms with Crippen molar-refractivity contribution in [3.63, 3.8) is 0 Å². The highest BCUT2D eigenvalue weighted by Crippen LogP contribution is 2.36. The zero-order valence-corrected chi connectivity index (χ0v) is 18.6. The Morgan fingerprint density at radius 2 is 1.84 bits per heavy atom. The van der Waals surface area contributed by atoms with Crippen molar-refractivity contribution in [1.29, 1.82) is 0 Å². The Kier molecular flexibility index (Phi) is 6.33. The molecule has 0 aliphatic carbocycles. The fourth-order valence-corrected chi connectivity index (χ4v) is 4.73. The van der Waals surface area contributed by atoms with Gasteiger partial charge in [-0.3, -0.25) is 9.59 Å². The molecule has 0 bridgehead atoms. The van der Waals surface area contributed by atoms with Crippen molar-refractivity contribution in [2.24, 2.45) is 5.92 Å². The van der Waals surface area contributed by atoms with Crippen molar-refractivity contribution in [2.45, 2.75) is 19.3 Å². The largest absolute Gasteiger partial charge is 0.371 e. The van der Waals surface area contributed by atoms with E-state index in [1.54, 1.807) is 0 Å². The quantitative estimate of drug-likeness (QED) is 0.415. The van der Waals surface area contributed by atoms with E-state index in [0.29, 0.717) is 21.8 Å². The highest BCUT2D eigenvalue weighted by molar-refractivity contribution is 6.47. The number of rotatable bonds is 6. The minimum absolute atomic E-state index is 0.212. The third-order valence-corrected chi connectivity index (χ3v) is 6.60. The van der Waals surface area contributed by atoms with Crippen LogP contribution in [0.3, 0.4) is 0 Å². The molecule has 1 aliphatic heterocycles. The lowest BCUT2D eigenvalue weighted by Gasteiger charge is -2.35. The molecule has 1 aromatic heterocycles. The summed E-state index contributed by atoms with van der Waals surface area (Å²) >= 11 is 6.72. The summed E-state index contributed by atoms with van der Waals surface area (Å²) in [6, 6.07) is 10.5. The number of amides is 1. The van der Waals surface area contributed by atoms with Gasteiger partial charge in [-0.05, 0) is 55.0 Å². The Morgan fingerprint density at radius 1 is 1.16 bits per heavy atom. The van der Waals surface area contributed by atoms with Crippen molar-refractivity contribution in [3.8, 4) is 0 Å². The number of Topliss-reactive ketones (excluding diaryl/α,β-unsaturated/α-hetero) is 1. The highest BCUT2D eigenvalue weighted by Gasteiger charge is 2.25. The molecular formula is C25H25ClFN3O2. The van der Waals surface area contributed by atoms with Gasteiger partial charge in [0.15, 0.2) is 0 Å². The minimum Gasteiger partial charge on any atom is -0.371 e. The molecule has 7 heteroatoms. The molecule has 5 nitrogen and oxygen atoms in total. The number of aromatic amines is 1. The maximum absolute atomic E-state index is 13.1. The van der Waals surface area contributed by atoms with Gasteiger partial charge in [-0.15, -0.1) is 0 Å². The maximum atomic E-state index is 13.1. The first-order valence-electron chi connectivity index (χ1n) is 10.6. The Morgan fingerprint density at radius 3 is 2.50 bits per heavy atom. The molecule has 32 heavy (non-hydrogen) atoms. The van der Waals surface area contributed by atoms with Crippen LogP contribution in [0.2, 0.25) is 5.02 Å². The normalized spacial score (nSPS) is 14.5. The monoisotopic (exact) mass is 453 g/mol. The number of carbonyl (C=O) groups excluding carboxylic acids is 2. The molecule has 2 N–H and O–H groups in total. The predicted octanol–water partition coefficient (Wildman–Crippen LogP) is 4.81. The van der Waals surface area contributed by atoms with Gasteiger partial charge >= 0.3 is 0 Å². The lowest BCUT2D eigenvalue weighted by atomic mass is 9.89. The summed E-state index contributed by atoms with van der Waals surface area (Å²) in [5.41, 5.74) is 3.64. The number of hydrogen-bond acceptors (Lipinski definition) is 3. The van der Waals surface area contributed by atoms with E-state index in [4.69, 9.17) is 11.6 Å². The number of aromatic nitrogens is 1. The number of halogens is 2. The number of nitrogens with one attached hydrogen (secondary N) is 2. The van der Waals surface area contributed by atoms with E-state index in [1.807, 2.05) is 24.3 Å². The molecule has 3 aromatic rings. The third-order valence-electron chi connectivity index (χ3n) is 6.21. The number of H-pyrrole nitrogens is 1. The van der Waals surface area contributed by atoms with E-state index in [2.05, 4.69) is 21.8 Å². The molecule has 1 saturated heterocycles. The second-order valence-corrected chi connectivity index (χ2v) is 8.55. The Balaban J connectivity index is 1.49. The summed E-state index contributed by atoms with van der Waals surface area (Å²) in [5.74, 6) is -1.00. The van der Waals surface area contributed by atoms with Crippen LogP contribution in [0.4, 0.5) is 4.39 Å². The van der Waals surface area contributed by atoms with Crippen LogP contribution in [-0.4, -0.2) is 41.7 Å².